The van der Waals surface area contributed by atoms with Gasteiger partial charge in [0.25, 0.3) is 0 Å². The van der Waals surface area contributed by atoms with Gasteiger partial charge in [-0.3, -0.25) is 0 Å². The number of nitrogens with two attached hydrogens (primary N) is 1. The van der Waals surface area contributed by atoms with Crippen LogP contribution in [-0.4, -0.2) is 53.2 Å². The van der Waals surface area contributed by atoms with E-state index in [1.165, 1.54) is 17.8 Å². The summed E-state index contributed by atoms with van der Waals surface area (Å²) >= 11 is 0. The summed E-state index contributed by atoms with van der Waals surface area (Å²) in [5.74, 6) is -0.590. The number of hydrogen-bond acceptors (Lipinski definition) is 7. The standard InChI is InChI=1S/C12H16FN5O3/c1-12(21)5(3-19)2-6(8(12)20)18-4-15-7-9(14)16-11(13)17-10(7)18/h4-6,8,19-21H,2-3H2,1H3,(H2,14,16,17)/t5-,6-,8+,12-/m1/s1. The van der Waals surface area contributed by atoms with Gasteiger partial charge < -0.3 is 25.6 Å². The van der Waals surface area contributed by atoms with Crippen LogP contribution in [0.2, 0.25) is 0 Å². The van der Waals surface area contributed by atoms with Gasteiger partial charge in [0.1, 0.15) is 11.6 Å². The van der Waals surface area contributed by atoms with Gasteiger partial charge >= 0.3 is 6.08 Å². The van der Waals surface area contributed by atoms with Crippen molar-refractivity contribution >= 4 is 17.0 Å². The van der Waals surface area contributed by atoms with E-state index in [9.17, 15) is 19.7 Å². The van der Waals surface area contributed by atoms with Crippen LogP contribution < -0.4 is 5.73 Å². The third-order valence-corrected chi connectivity index (χ3v) is 4.31. The zero-order valence-electron chi connectivity index (χ0n) is 11.3. The molecule has 1 aliphatic rings. The Balaban J connectivity index is 2.10. The molecule has 0 radical (unpaired) electrons. The molecule has 2 heterocycles. The Morgan fingerprint density at radius 1 is 1.52 bits per heavy atom. The first kappa shape index (κ1) is 14.1. The second-order valence-electron chi connectivity index (χ2n) is 5.56. The van der Waals surface area contributed by atoms with E-state index in [0.29, 0.717) is 6.42 Å². The molecule has 1 aliphatic carbocycles. The van der Waals surface area contributed by atoms with Crippen LogP contribution in [0.1, 0.15) is 19.4 Å². The minimum atomic E-state index is -1.45. The molecular formula is C12H16FN5O3. The fourth-order valence-corrected chi connectivity index (χ4v) is 2.97. The third-order valence-electron chi connectivity index (χ3n) is 4.31. The monoisotopic (exact) mass is 297 g/mol. The Morgan fingerprint density at radius 3 is 2.86 bits per heavy atom. The number of hydrogen-bond donors (Lipinski definition) is 4. The predicted molar refractivity (Wildman–Crippen MR) is 70.6 cm³/mol. The Morgan fingerprint density at radius 2 is 2.24 bits per heavy atom. The van der Waals surface area contributed by atoms with Crippen LogP contribution in [0.4, 0.5) is 10.2 Å². The van der Waals surface area contributed by atoms with Crippen molar-refractivity contribution in [1.29, 1.82) is 0 Å². The van der Waals surface area contributed by atoms with E-state index in [1.807, 2.05) is 0 Å². The van der Waals surface area contributed by atoms with E-state index in [1.54, 1.807) is 0 Å². The number of imidazole rings is 1. The summed E-state index contributed by atoms with van der Waals surface area (Å²) in [6.45, 7) is 1.19. The second kappa shape index (κ2) is 4.58. The highest BCUT2D eigenvalue weighted by Crippen LogP contribution is 2.43. The molecule has 4 atom stereocenters. The Bertz CT molecular complexity index is 689. The van der Waals surface area contributed by atoms with E-state index in [-0.39, 0.29) is 23.6 Å². The maximum absolute atomic E-state index is 13.3. The number of aliphatic hydroxyl groups is 3. The van der Waals surface area contributed by atoms with E-state index < -0.39 is 29.7 Å². The van der Waals surface area contributed by atoms with Gasteiger partial charge in [-0.15, -0.1) is 0 Å². The van der Waals surface area contributed by atoms with Gasteiger partial charge in [0.05, 0.1) is 18.0 Å². The van der Waals surface area contributed by atoms with Gasteiger partial charge in [-0.05, 0) is 13.3 Å². The van der Waals surface area contributed by atoms with Crippen molar-refractivity contribution in [3.8, 4) is 0 Å². The molecule has 2 aromatic heterocycles. The zero-order chi connectivity index (χ0) is 15.4. The number of rotatable bonds is 2. The van der Waals surface area contributed by atoms with Gasteiger partial charge in [-0.2, -0.15) is 14.4 Å². The van der Waals surface area contributed by atoms with E-state index in [2.05, 4.69) is 15.0 Å². The Hall–Kier alpha value is -1.84. The molecule has 0 spiro atoms. The van der Waals surface area contributed by atoms with Crippen LogP contribution in [0.25, 0.3) is 11.2 Å². The quantitative estimate of drug-likeness (QED) is 0.534. The molecule has 1 saturated carbocycles. The second-order valence-corrected chi connectivity index (χ2v) is 5.56. The first-order chi connectivity index (χ1) is 9.86. The highest BCUT2D eigenvalue weighted by atomic mass is 19.1. The van der Waals surface area contributed by atoms with Crippen LogP contribution in [0.15, 0.2) is 6.33 Å². The topological polar surface area (TPSA) is 130 Å². The summed E-state index contributed by atoms with van der Waals surface area (Å²) < 4.78 is 14.8. The Kier molecular flexibility index (Phi) is 3.08. The number of halogens is 1. The normalized spacial score (nSPS) is 32.9. The van der Waals surface area contributed by atoms with Crippen molar-refractivity contribution in [1.82, 2.24) is 19.5 Å². The number of nitrogen functional groups attached to an aromatic ring is 1. The van der Waals surface area contributed by atoms with E-state index in [0.717, 1.165) is 0 Å². The minimum Gasteiger partial charge on any atom is -0.396 e. The van der Waals surface area contributed by atoms with Gasteiger partial charge in [0.2, 0.25) is 0 Å². The molecule has 9 heteroatoms. The summed E-state index contributed by atoms with van der Waals surface area (Å²) in [7, 11) is 0. The number of aliphatic hydroxyl groups excluding tert-OH is 2. The summed E-state index contributed by atoms with van der Waals surface area (Å²) in [4.78, 5) is 11.1. The molecule has 21 heavy (non-hydrogen) atoms. The van der Waals surface area contributed by atoms with E-state index in [4.69, 9.17) is 5.73 Å². The summed E-state index contributed by atoms with van der Waals surface area (Å²) in [6, 6.07) is -0.587. The highest BCUT2D eigenvalue weighted by Gasteiger charge is 2.51. The smallest absolute Gasteiger partial charge is 0.312 e. The van der Waals surface area contributed by atoms with Crippen LogP contribution in [0.3, 0.4) is 0 Å². The third kappa shape index (κ3) is 1.96. The number of aromatic nitrogens is 4. The molecule has 0 amide bonds. The summed E-state index contributed by atoms with van der Waals surface area (Å²) in [5, 5.41) is 29.9. The molecular weight excluding hydrogens is 281 g/mol. The predicted octanol–water partition coefficient (Wildman–Crippen LogP) is -0.787. The lowest BCUT2D eigenvalue weighted by Crippen LogP contribution is -2.43. The number of nitrogens with zero attached hydrogens (tertiary/aromatic N) is 4. The maximum Gasteiger partial charge on any atom is 0.312 e. The largest absolute Gasteiger partial charge is 0.396 e. The van der Waals surface area contributed by atoms with Crippen molar-refractivity contribution in [3.63, 3.8) is 0 Å². The molecule has 1 fully saturated rings. The van der Waals surface area contributed by atoms with Crippen molar-refractivity contribution in [2.45, 2.75) is 31.1 Å². The molecule has 0 unspecified atom stereocenters. The van der Waals surface area contributed by atoms with Crippen LogP contribution in [0.5, 0.6) is 0 Å². The van der Waals surface area contributed by atoms with Gasteiger partial charge in [0.15, 0.2) is 11.5 Å². The van der Waals surface area contributed by atoms with Crippen molar-refractivity contribution < 1.29 is 19.7 Å². The summed E-state index contributed by atoms with van der Waals surface area (Å²) in [5.41, 5.74) is 4.52. The van der Waals surface area contributed by atoms with Crippen molar-refractivity contribution in [3.05, 3.63) is 12.4 Å². The van der Waals surface area contributed by atoms with Crippen LogP contribution in [0, 0.1) is 12.0 Å². The molecule has 5 N–H and O–H groups in total. The maximum atomic E-state index is 13.3. The summed E-state index contributed by atoms with van der Waals surface area (Å²) in [6.07, 6.45) is -0.452. The molecule has 3 rings (SSSR count). The molecule has 114 valence electrons. The molecule has 0 bridgehead atoms. The number of anilines is 1. The van der Waals surface area contributed by atoms with Crippen molar-refractivity contribution in [2.75, 3.05) is 12.3 Å². The van der Waals surface area contributed by atoms with Crippen LogP contribution >= 0.6 is 0 Å². The number of fused-ring (bicyclic) bond motifs is 1. The van der Waals surface area contributed by atoms with Crippen LogP contribution in [-0.2, 0) is 0 Å². The SMILES string of the molecule is C[C@@]1(O)[C@@H](CO)C[C@@H](n2cnc3c(N)nc(F)nc32)[C@@H]1O. The van der Waals surface area contributed by atoms with Gasteiger partial charge in [-0.1, -0.05) is 0 Å². The fourth-order valence-electron chi connectivity index (χ4n) is 2.97. The lowest BCUT2D eigenvalue weighted by molar-refractivity contribution is -0.0840. The first-order valence-electron chi connectivity index (χ1n) is 6.53. The zero-order valence-corrected chi connectivity index (χ0v) is 11.3. The average molecular weight is 297 g/mol. The fraction of sp³-hybridized carbons (Fsp3) is 0.583. The first-order valence-corrected chi connectivity index (χ1v) is 6.53. The average Bonchev–Trinajstić information content (AvgIpc) is 2.91. The molecule has 8 nitrogen and oxygen atoms in total. The molecule has 0 aromatic carbocycles. The highest BCUT2D eigenvalue weighted by molar-refractivity contribution is 5.81. The van der Waals surface area contributed by atoms with E-state index >= 15 is 0 Å². The molecule has 2 aromatic rings. The molecule has 0 saturated heterocycles. The Labute approximate surface area is 119 Å². The lowest BCUT2D eigenvalue weighted by atomic mass is 9.92. The van der Waals surface area contributed by atoms with Gasteiger partial charge in [0, 0.05) is 12.5 Å². The van der Waals surface area contributed by atoms with Crippen molar-refractivity contribution in [2.24, 2.45) is 5.92 Å². The minimum absolute atomic E-state index is 0.0887. The lowest BCUT2D eigenvalue weighted by Gasteiger charge is -2.28. The van der Waals surface area contributed by atoms with Gasteiger partial charge in [-0.25, -0.2) is 4.98 Å². The molecule has 0 aliphatic heterocycles.